The van der Waals surface area contributed by atoms with Crippen LogP contribution in [0.1, 0.15) is 0 Å². The largest absolute Gasteiger partial charge is 0.501 e. The van der Waals surface area contributed by atoms with E-state index in [1.54, 1.807) is 0 Å². The lowest BCUT2D eigenvalue weighted by atomic mass is 10.3. The molecule has 1 aromatic carbocycles. The van der Waals surface area contributed by atoms with Crippen molar-refractivity contribution in [2.75, 3.05) is 0 Å². The molecule has 16 heavy (non-hydrogen) atoms. The van der Waals surface area contributed by atoms with Gasteiger partial charge in [0.15, 0.2) is 0 Å². The third-order valence-corrected chi connectivity index (χ3v) is 4.21. The lowest BCUT2D eigenvalue weighted by Crippen LogP contribution is -2.23. The normalized spacial score (nSPS) is 13.2. The number of sulfone groups is 1. The molecule has 2 rings (SSSR count). The summed E-state index contributed by atoms with van der Waals surface area (Å²) in [4.78, 5) is 2.98. The van der Waals surface area contributed by atoms with Gasteiger partial charge in [0.2, 0.25) is 0 Å². The van der Waals surface area contributed by atoms with Crippen LogP contribution < -0.4 is 0 Å². The summed E-state index contributed by atoms with van der Waals surface area (Å²) < 4.78 is 59.5. The fourth-order valence-electron chi connectivity index (χ4n) is 1.14. The molecule has 0 N–H and O–H groups in total. The second kappa shape index (κ2) is 3.42. The summed E-state index contributed by atoms with van der Waals surface area (Å²) in [5.41, 5.74) is -3.60. The highest BCUT2D eigenvalue weighted by atomic mass is 32.2. The fourth-order valence-corrected chi connectivity index (χ4v) is 2.58. The SMILES string of the molecule is O=S(=O)(c1ccc2scnc2c1)C(F)(F)F. The summed E-state index contributed by atoms with van der Waals surface area (Å²) in [5.74, 6) is 0. The highest BCUT2D eigenvalue weighted by molar-refractivity contribution is 7.92. The molecule has 0 saturated heterocycles. The number of alkyl halides is 3. The number of aromatic nitrogens is 1. The molecule has 0 saturated carbocycles. The molecule has 0 aliphatic heterocycles. The Morgan fingerprint density at radius 3 is 2.56 bits per heavy atom. The van der Waals surface area contributed by atoms with Gasteiger partial charge in [-0.2, -0.15) is 13.2 Å². The zero-order valence-corrected chi connectivity index (χ0v) is 9.16. The van der Waals surface area contributed by atoms with Crippen LogP contribution in [0.2, 0.25) is 0 Å². The predicted octanol–water partition coefficient (Wildman–Crippen LogP) is 2.59. The molecular weight excluding hydrogens is 263 g/mol. The van der Waals surface area contributed by atoms with Crippen molar-refractivity contribution >= 4 is 31.4 Å². The topological polar surface area (TPSA) is 47.0 Å². The van der Waals surface area contributed by atoms with Crippen molar-refractivity contribution in [1.29, 1.82) is 0 Å². The zero-order valence-electron chi connectivity index (χ0n) is 7.52. The molecule has 0 bridgehead atoms. The second-order valence-electron chi connectivity index (χ2n) is 2.93. The molecule has 0 fully saturated rings. The molecule has 1 heterocycles. The van der Waals surface area contributed by atoms with Gasteiger partial charge in [0, 0.05) is 0 Å². The van der Waals surface area contributed by atoms with Crippen LogP contribution in [0.15, 0.2) is 28.6 Å². The van der Waals surface area contributed by atoms with Crippen molar-refractivity contribution in [2.24, 2.45) is 0 Å². The number of benzene rings is 1. The maximum atomic E-state index is 12.2. The van der Waals surface area contributed by atoms with Crippen LogP contribution in [0.4, 0.5) is 13.2 Å². The smallest absolute Gasteiger partial charge is 0.245 e. The van der Waals surface area contributed by atoms with Crippen LogP contribution in [-0.4, -0.2) is 18.9 Å². The summed E-state index contributed by atoms with van der Waals surface area (Å²) >= 11 is 1.23. The first-order chi connectivity index (χ1) is 7.32. The summed E-state index contributed by atoms with van der Waals surface area (Å²) in [6.07, 6.45) is 0. The summed E-state index contributed by atoms with van der Waals surface area (Å²) in [5, 5.41) is 0. The van der Waals surface area contributed by atoms with E-state index < -0.39 is 20.2 Å². The molecule has 86 valence electrons. The van der Waals surface area contributed by atoms with Crippen LogP contribution in [0.3, 0.4) is 0 Å². The Kier molecular flexibility index (Phi) is 2.43. The summed E-state index contributed by atoms with van der Waals surface area (Å²) in [7, 11) is -5.28. The van der Waals surface area contributed by atoms with E-state index in [-0.39, 0.29) is 5.52 Å². The van der Waals surface area contributed by atoms with E-state index in [1.165, 1.54) is 22.9 Å². The first-order valence-corrected chi connectivity index (χ1v) is 6.33. The molecule has 3 nitrogen and oxygen atoms in total. The van der Waals surface area contributed by atoms with E-state index in [1.807, 2.05) is 0 Å². The number of hydrogen-bond acceptors (Lipinski definition) is 4. The van der Waals surface area contributed by atoms with Crippen molar-refractivity contribution in [3.05, 3.63) is 23.7 Å². The Hall–Kier alpha value is -1.15. The zero-order chi connectivity index (χ0) is 12.0. The average molecular weight is 267 g/mol. The van der Waals surface area contributed by atoms with E-state index in [0.29, 0.717) is 4.70 Å². The molecule has 0 atom stereocenters. The standard InChI is InChI=1S/C8H4F3NO2S2/c9-8(10,11)16(13,14)5-1-2-7-6(3-5)12-4-15-7/h1-4H. The van der Waals surface area contributed by atoms with Gasteiger partial charge in [-0.1, -0.05) is 0 Å². The number of nitrogens with zero attached hydrogens (tertiary/aromatic N) is 1. The van der Waals surface area contributed by atoms with Gasteiger partial charge < -0.3 is 0 Å². The van der Waals surface area contributed by atoms with Crippen LogP contribution in [0.25, 0.3) is 10.2 Å². The number of fused-ring (bicyclic) bond motifs is 1. The highest BCUT2D eigenvalue weighted by Gasteiger charge is 2.46. The van der Waals surface area contributed by atoms with Crippen molar-refractivity contribution < 1.29 is 21.6 Å². The lowest BCUT2D eigenvalue weighted by molar-refractivity contribution is -0.0435. The quantitative estimate of drug-likeness (QED) is 0.797. The van der Waals surface area contributed by atoms with Gasteiger partial charge in [-0.15, -0.1) is 11.3 Å². The third-order valence-electron chi connectivity index (χ3n) is 1.92. The maximum Gasteiger partial charge on any atom is 0.501 e. The first kappa shape index (κ1) is 11.3. The van der Waals surface area contributed by atoms with Gasteiger partial charge in [-0.05, 0) is 18.2 Å². The van der Waals surface area contributed by atoms with Crippen LogP contribution >= 0.6 is 11.3 Å². The molecule has 0 aliphatic carbocycles. The Morgan fingerprint density at radius 1 is 1.25 bits per heavy atom. The summed E-state index contributed by atoms with van der Waals surface area (Å²) in [6, 6.07) is 3.17. The van der Waals surface area contributed by atoms with Crippen molar-refractivity contribution in [3.63, 3.8) is 0 Å². The van der Waals surface area contributed by atoms with Gasteiger partial charge in [0.05, 0.1) is 20.6 Å². The lowest BCUT2D eigenvalue weighted by Gasteiger charge is -2.07. The van der Waals surface area contributed by atoms with Crippen molar-refractivity contribution in [1.82, 2.24) is 4.98 Å². The van der Waals surface area contributed by atoms with Crippen molar-refractivity contribution in [3.8, 4) is 0 Å². The van der Waals surface area contributed by atoms with E-state index in [4.69, 9.17) is 0 Å². The Bertz CT molecular complexity index is 630. The van der Waals surface area contributed by atoms with E-state index in [2.05, 4.69) is 4.98 Å². The van der Waals surface area contributed by atoms with Gasteiger partial charge >= 0.3 is 5.51 Å². The number of hydrogen-bond donors (Lipinski definition) is 0. The Morgan fingerprint density at radius 2 is 1.94 bits per heavy atom. The van der Waals surface area contributed by atoms with Crippen LogP contribution in [0.5, 0.6) is 0 Å². The molecular formula is C8H4F3NO2S2. The Labute approximate surface area is 92.5 Å². The highest BCUT2D eigenvalue weighted by Crippen LogP contribution is 2.32. The number of rotatable bonds is 1. The first-order valence-electron chi connectivity index (χ1n) is 3.97. The van der Waals surface area contributed by atoms with Crippen LogP contribution in [-0.2, 0) is 9.84 Å². The monoisotopic (exact) mass is 267 g/mol. The van der Waals surface area contributed by atoms with Gasteiger partial charge in [0.1, 0.15) is 0 Å². The third kappa shape index (κ3) is 1.67. The maximum absolute atomic E-state index is 12.2. The van der Waals surface area contributed by atoms with E-state index in [0.717, 1.165) is 12.1 Å². The summed E-state index contributed by atoms with van der Waals surface area (Å²) in [6.45, 7) is 0. The molecule has 2 aromatic rings. The Balaban J connectivity index is 2.64. The predicted molar refractivity (Wildman–Crippen MR) is 52.9 cm³/mol. The minimum absolute atomic E-state index is 0.246. The molecule has 0 amide bonds. The van der Waals surface area contributed by atoms with Gasteiger partial charge in [-0.25, -0.2) is 13.4 Å². The second-order valence-corrected chi connectivity index (χ2v) is 5.76. The van der Waals surface area contributed by atoms with Crippen molar-refractivity contribution in [2.45, 2.75) is 10.4 Å². The minimum Gasteiger partial charge on any atom is -0.245 e. The average Bonchev–Trinajstić information content (AvgIpc) is 2.61. The van der Waals surface area contributed by atoms with Gasteiger partial charge in [-0.3, -0.25) is 0 Å². The van der Waals surface area contributed by atoms with E-state index in [9.17, 15) is 21.6 Å². The number of halogens is 3. The molecule has 8 heteroatoms. The molecule has 0 unspecified atom stereocenters. The molecule has 0 radical (unpaired) electrons. The molecule has 0 aliphatic rings. The number of thiazole rings is 1. The molecule has 1 aromatic heterocycles. The minimum atomic E-state index is -5.28. The van der Waals surface area contributed by atoms with Gasteiger partial charge in [0.25, 0.3) is 9.84 Å². The van der Waals surface area contributed by atoms with Crippen LogP contribution in [0, 0.1) is 0 Å². The van der Waals surface area contributed by atoms with E-state index >= 15 is 0 Å². The fraction of sp³-hybridized carbons (Fsp3) is 0.125. The molecule has 0 spiro atoms.